The number of benzene rings is 19. The van der Waals surface area contributed by atoms with E-state index in [1.165, 1.54) is 226 Å². The van der Waals surface area contributed by atoms with Crippen LogP contribution in [0.2, 0.25) is 0 Å². The van der Waals surface area contributed by atoms with Crippen LogP contribution in [0.1, 0.15) is 5.56 Å². The summed E-state index contributed by atoms with van der Waals surface area (Å²) in [4.78, 5) is 0. The molecule has 5 nitrogen and oxygen atoms in total. The topological polar surface area (TPSA) is 24.6 Å². The smallest absolute Gasteiger partial charge is 0.0548 e. The molecule has 27 rings (SSSR count). The van der Waals surface area contributed by atoms with Gasteiger partial charge in [0.15, 0.2) is 0 Å². The van der Waals surface area contributed by atoms with E-state index in [0.29, 0.717) is 0 Å². The SMILES string of the molecule is Cc1cc(-n2c3ccccc3c3ccccc32)cc(-n2c3ccc(-c4ccccc4)cc3c3c4c(ccc32)sc2ccccc24)c1.c1ccc(-c2ccc(-n3c4ccccc4c4c5c(ccc43)sc3ccccc35)cc2)cc1.c1ccc(-c2ccc3c(c2)c2c4c(ccc2n3-c2cccc(-n3c5ccccc5c5ccccc53)c2)sc2ccccc24)cc1. The largest absolute Gasteiger partial charge is 0.309 e. The molecule has 0 radical (unpaired) electrons. The molecule has 0 aliphatic rings. The van der Waals surface area contributed by atoms with Gasteiger partial charge in [-0.3, -0.25) is 0 Å². The number of hydrogen-bond acceptors (Lipinski definition) is 3. The molecule has 0 bridgehead atoms. The molecule has 0 aliphatic carbocycles. The van der Waals surface area contributed by atoms with Crippen LogP contribution in [0.5, 0.6) is 0 Å². The first-order valence-corrected chi connectivity index (χ1v) is 44.5. The first-order valence-electron chi connectivity index (χ1n) is 42.0. The molecule has 0 amide bonds. The van der Waals surface area contributed by atoms with Crippen molar-refractivity contribution in [3.05, 3.63) is 430 Å². The molecule has 123 heavy (non-hydrogen) atoms. The minimum absolute atomic E-state index is 1.15. The van der Waals surface area contributed by atoms with Gasteiger partial charge in [-0.2, -0.15) is 0 Å². The van der Waals surface area contributed by atoms with E-state index in [4.69, 9.17) is 0 Å². The van der Waals surface area contributed by atoms with Gasteiger partial charge in [0.25, 0.3) is 0 Å². The van der Waals surface area contributed by atoms with E-state index in [0.717, 1.165) is 11.4 Å². The van der Waals surface area contributed by atoms with Crippen LogP contribution in [0, 0.1) is 6.92 Å². The summed E-state index contributed by atoms with van der Waals surface area (Å²) in [6.45, 7) is 2.22. The summed E-state index contributed by atoms with van der Waals surface area (Å²) in [5, 5.41) is 21.0. The van der Waals surface area contributed by atoms with Crippen LogP contribution in [0.4, 0.5) is 0 Å². The number of aryl methyl sites for hydroxylation is 1. The first kappa shape index (κ1) is 70.8. The van der Waals surface area contributed by atoms with E-state index in [1.54, 1.807) is 0 Å². The fraction of sp³-hybridized carbons (Fsp3) is 0.00870. The summed E-state index contributed by atoms with van der Waals surface area (Å²) in [5.41, 5.74) is 26.8. The third-order valence-corrected chi connectivity index (χ3v) is 28.6. The second-order valence-corrected chi connectivity index (χ2v) is 35.5. The van der Waals surface area contributed by atoms with Crippen molar-refractivity contribution < 1.29 is 0 Å². The van der Waals surface area contributed by atoms with Crippen LogP contribution in [-0.4, -0.2) is 22.8 Å². The van der Waals surface area contributed by atoms with Gasteiger partial charge in [0.2, 0.25) is 0 Å². The Labute approximate surface area is 719 Å². The Morgan fingerprint density at radius 2 is 0.415 bits per heavy atom. The molecule has 0 atom stereocenters. The Hall–Kier alpha value is -15.2. The van der Waals surface area contributed by atoms with Gasteiger partial charge in [0, 0.05) is 143 Å². The molecule has 576 valence electrons. The lowest BCUT2D eigenvalue weighted by Crippen LogP contribution is -2.00. The highest BCUT2D eigenvalue weighted by atomic mass is 32.1. The maximum absolute atomic E-state index is 2.48. The number of aromatic nitrogens is 5. The molecule has 0 N–H and O–H groups in total. The highest BCUT2D eigenvalue weighted by Gasteiger charge is 2.25. The summed E-state index contributed by atoms with van der Waals surface area (Å²) < 4.78 is 20.2. The molecular weight excluding hydrogens is 1550 g/mol. The number of hydrogen-bond donors (Lipinski definition) is 0. The first-order chi connectivity index (χ1) is 60.9. The third-order valence-electron chi connectivity index (χ3n) is 25.2. The van der Waals surface area contributed by atoms with Gasteiger partial charge in [0.05, 0.1) is 55.2 Å². The fourth-order valence-corrected chi connectivity index (χ4v) is 23.3. The maximum Gasteiger partial charge on any atom is 0.0548 e. The molecule has 8 heteroatoms. The molecule has 19 aromatic carbocycles. The quantitative estimate of drug-likeness (QED) is 0.145. The lowest BCUT2D eigenvalue weighted by molar-refractivity contribution is 1.12. The van der Waals surface area contributed by atoms with Crippen molar-refractivity contribution in [3.8, 4) is 61.8 Å². The van der Waals surface area contributed by atoms with Crippen LogP contribution in [0.25, 0.3) is 231 Å². The Balaban J connectivity index is 0.000000103. The molecule has 8 aromatic heterocycles. The summed E-state index contributed by atoms with van der Waals surface area (Å²) in [6, 6.07) is 155. The lowest BCUT2D eigenvalue weighted by atomic mass is 10.0. The van der Waals surface area contributed by atoms with Crippen LogP contribution >= 0.6 is 34.0 Å². The fourth-order valence-electron chi connectivity index (χ4n) is 20.0. The number of para-hydroxylation sites is 5. The van der Waals surface area contributed by atoms with Gasteiger partial charge < -0.3 is 22.8 Å². The highest BCUT2D eigenvalue weighted by Crippen LogP contribution is 2.50. The van der Waals surface area contributed by atoms with E-state index in [9.17, 15) is 0 Å². The van der Waals surface area contributed by atoms with Crippen LogP contribution < -0.4 is 0 Å². The molecule has 0 saturated carbocycles. The van der Waals surface area contributed by atoms with E-state index >= 15 is 0 Å². The molecule has 0 fully saturated rings. The predicted molar refractivity (Wildman–Crippen MR) is 531 cm³/mol. The van der Waals surface area contributed by atoms with Crippen molar-refractivity contribution in [1.29, 1.82) is 0 Å². The highest BCUT2D eigenvalue weighted by molar-refractivity contribution is 7.27. The van der Waals surface area contributed by atoms with Crippen molar-refractivity contribution in [3.63, 3.8) is 0 Å². The van der Waals surface area contributed by atoms with E-state index < -0.39 is 0 Å². The number of rotatable bonds is 8. The zero-order valence-corrected chi connectivity index (χ0v) is 69.3. The summed E-state index contributed by atoms with van der Waals surface area (Å²) in [5.74, 6) is 0. The van der Waals surface area contributed by atoms with E-state index in [2.05, 4.69) is 454 Å². The molecule has 0 saturated heterocycles. The van der Waals surface area contributed by atoms with Gasteiger partial charge >= 0.3 is 0 Å². The summed E-state index contributed by atoms with van der Waals surface area (Å²) in [6.07, 6.45) is 0. The van der Waals surface area contributed by atoms with Crippen LogP contribution in [0.15, 0.2) is 425 Å². The number of thiophene rings is 3. The maximum atomic E-state index is 2.48. The molecule has 0 aliphatic heterocycles. The van der Waals surface area contributed by atoms with Gasteiger partial charge in [-0.1, -0.05) is 267 Å². The standard InChI is InChI=1S/C43H28N2S.C42H26N2S.C30H19NS/c1-27-23-30(44-36-16-8-5-13-32(36)33-14-6-9-17-37(33)44)26-31(24-27)45-38-20-19-29(28-11-3-2-4-12-28)25-35(38)42-39(45)21-22-41-43(42)34-15-7-10-18-40(34)46-41;1-2-11-27(12-3-1)28-21-22-37-34(25-28)41-38(23-24-40-42(41)33-17-6-9-20-39(33)45-40)44(37)30-14-10-13-29(26-30)43-35-18-7-4-15-31(35)32-16-5-8-19-36(32)43;1-2-8-20(9-3-1)21-14-16-22(17-15-21)31-25-12-6-4-10-23(25)29-26(31)18-19-28-30(29)24-11-5-7-13-27(24)32-28/h2-26H,1H3;1-26H;1-19H. The summed E-state index contributed by atoms with van der Waals surface area (Å²) in [7, 11) is 0. The second kappa shape index (κ2) is 28.5. The monoisotopic (exact) mass is 1620 g/mol. The molecule has 0 unspecified atom stereocenters. The van der Waals surface area contributed by atoms with Gasteiger partial charge in [-0.25, -0.2) is 0 Å². The number of nitrogens with zero attached hydrogens (tertiary/aromatic N) is 5. The van der Waals surface area contributed by atoms with Crippen molar-refractivity contribution in [2.45, 2.75) is 6.92 Å². The van der Waals surface area contributed by atoms with Gasteiger partial charge in [-0.05, 0) is 204 Å². The number of fused-ring (bicyclic) bond motifs is 27. The van der Waals surface area contributed by atoms with Crippen molar-refractivity contribution in [2.24, 2.45) is 0 Å². The van der Waals surface area contributed by atoms with Gasteiger partial charge in [0.1, 0.15) is 0 Å². The molecule has 8 heterocycles. The Morgan fingerprint density at radius 1 is 0.146 bits per heavy atom. The van der Waals surface area contributed by atoms with Crippen LogP contribution in [-0.2, 0) is 0 Å². The normalized spacial score (nSPS) is 11.9. The predicted octanol–water partition coefficient (Wildman–Crippen LogP) is 33.0. The lowest BCUT2D eigenvalue weighted by Gasteiger charge is -2.14. The molecule has 27 aromatic rings. The van der Waals surface area contributed by atoms with Crippen molar-refractivity contribution in [2.75, 3.05) is 0 Å². The average molecular weight is 1620 g/mol. The average Bonchev–Trinajstić information content (AvgIpc) is 1.56. The Kier molecular flexibility index (Phi) is 16.4. The zero-order valence-electron chi connectivity index (χ0n) is 66.9. The Morgan fingerprint density at radius 3 is 0.821 bits per heavy atom. The van der Waals surface area contributed by atoms with Crippen LogP contribution in [0.3, 0.4) is 0 Å². The Bertz CT molecular complexity index is 8850. The zero-order chi connectivity index (χ0) is 80.9. The molecular formula is C115H73N5S3. The van der Waals surface area contributed by atoms with Crippen molar-refractivity contribution in [1.82, 2.24) is 22.8 Å². The van der Waals surface area contributed by atoms with Crippen molar-refractivity contribution >= 4 is 204 Å². The van der Waals surface area contributed by atoms with Gasteiger partial charge in [-0.15, -0.1) is 34.0 Å². The van der Waals surface area contributed by atoms with E-state index in [-0.39, 0.29) is 0 Å². The minimum atomic E-state index is 1.15. The summed E-state index contributed by atoms with van der Waals surface area (Å²) >= 11 is 5.64. The third kappa shape index (κ3) is 11.3. The minimum Gasteiger partial charge on any atom is -0.309 e. The molecule has 0 spiro atoms. The van der Waals surface area contributed by atoms with E-state index in [1.807, 2.05) is 34.0 Å². The second-order valence-electron chi connectivity index (χ2n) is 32.2.